The minimum Gasteiger partial charge on any atom is -0.494 e. The molecule has 1 aromatic carbocycles. The molecule has 146 valence electrons. The highest BCUT2D eigenvalue weighted by Crippen LogP contribution is 2.17. The van der Waals surface area contributed by atoms with Crippen LogP contribution >= 0.6 is 0 Å². The highest BCUT2D eigenvalue weighted by molar-refractivity contribution is 7.90. The first-order valence-corrected chi connectivity index (χ1v) is 10.3. The Hall–Kier alpha value is -2.45. The molecule has 0 atom stereocenters. The van der Waals surface area contributed by atoms with Gasteiger partial charge in [-0.15, -0.1) is 0 Å². The van der Waals surface area contributed by atoms with Gasteiger partial charge in [-0.3, -0.25) is 9.78 Å². The van der Waals surface area contributed by atoms with Gasteiger partial charge in [0.15, 0.2) is 0 Å². The maximum absolute atomic E-state index is 12.3. The van der Waals surface area contributed by atoms with E-state index in [0.29, 0.717) is 18.1 Å². The molecular formula is C19H24N2O5S. The van der Waals surface area contributed by atoms with Crippen molar-refractivity contribution in [3.8, 4) is 5.75 Å². The van der Waals surface area contributed by atoms with Gasteiger partial charge in [0.1, 0.15) is 5.75 Å². The Kier molecular flexibility index (Phi) is 7.75. The molecule has 0 fully saturated rings. The van der Waals surface area contributed by atoms with E-state index in [0.717, 1.165) is 19.3 Å². The number of nitrogens with one attached hydrogen (secondary N) is 1. The Morgan fingerprint density at radius 1 is 1.11 bits per heavy atom. The highest BCUT2D eigenvalue weighted by atomic mass is 32.2. The summed E-state index contributed by atoms with van der Waals surface area (Å²) in [5, 5.41) is 8.95. The van der Waals surface area contributed by atoms with Crippen molar-refractivity contribution < 1.29 is 23.1 Å². The van der Waals surface area contributed by atoms with E-state index in [2.05, 4.69) is 11.9 Å². The molecule has 0 aliphatic carbocycles. The number of rotatable bonds is 10. The first-order chi connectivity index (χ1) is 13.0. The molecule has 0 bridgehead atoms. The lowest BCUT2D eigenvalue weighted by molar-refractivity contribution is 0.0981. The molecular weight excluding hydrogens is 368 g/mol. The van der Waals surface area contributed by atoms with Gasteiger partial charge in [0.05, 0.1) is 29.4 Å². The minimum absolute atomic E-state index is 0.0332. The number of aliphatic hydroxyl groups excluding tert-OH is 1. The number of sulfonamides is 1. The molecule has 1 amide bonds. The van der Waals surface area contributed by atoms with Crippen LogP contribution in [0, 0.1) is 0 Å². The van der Waals surface area contributed by atoms with Crippen LogP contribution in [0.1, 0.15) is 48.7 Å². The summed E-state index contributed by atoms with van der Waals surface area (Å²) >= 11 is 0. The number of nitrogens with zero attached hydrogens (tertiary/aromatic N) is 1. The Morgan fingerprint density at radius 2 is 1.85 bits per heavy atom. The van der Waals surface area contributed by atoms with Crippen LogP contribution in [0.4, 0.5) is 0 Å². The zero-order valence-corrected chi connectivity index (χ0v) is 16.0. The predicted molar refractivity (Wildman–Crippen MR) is 101 cm³/mol. The zero-order chi connectivity index (χ0) is 19.7. The molecule has 2 aromatic rings. The third-order valence-electron chi connectivity index (χ3n) is 3.88. The van der Waals surface area contributed by atoms with E-state index in [1.165, 1.54) is 36.9 Å². The number of aromatic nitrogens is 1. The monoisotopic (exact) mass is 392 g/mol. The lowest BCUT2D eigenvalue weighted by atomic mass is 10.2. The van der Waals surface area contributed by atoms with Gasteiger partial charge in [-0.1, -0.05) is 26.2 Å². The number of ether oxygens (including phenoxy) is 1. The SMILES string of the molecule is CCCCCCOc1ccc(S(=O)(=O)NC(=O)c2ccc(CO)nc2)cc1. The molecule has 8 heteroatoms. The number of carbonyl (C=O) groups is 1. The van der Waals surface area contributed by atoms with Crippen LogP contribution in [-0.4, -0.2) is 31.0 Å². The fraction of sp³-hybridized carbons (Fsp3) is 0.368. The van der Waals surface area contributed by atoms with E-state index in [9.17, 15) is 13.2 Å². The number of hydrogen-bond acceptors (Lipinski definition) is 6. The number of amides is 1. The summed E-state index contributed by atoms with van der Waals surface area (Å²) in [6.07, 6.45) is 5.58. The van der Waals surface area contributed by atoms with Crippen molar-refractivity contribution in [1.29, 1.82) is 0 Å². The van der Waals surface area contributed by atoms with Crippen LogP contribution in [0.15, 0.2) is 47.5 Å². The first-order valence-electron chi connectivity index (χ1n) is 8.82. The standard InChI is InChI=1S/C19H24N2O5S/c1-2-3-4-5-12-26-17-8-10-18(11-9-17)27(24,25)21-19(23)15-6-7-16(14-22)20-13-15/h6-11,13,22H,2-5,12,14H2,1H3,(H,21,23). The molecule has 0 aliphatic rings. The van der Waals surface area contributed by atoms with E-state index in [4.69, 9.17) is 9.84 Å². The number of pyridine rings is 1. The normalized spacial score (nSPS) is 11.2. The summed E-state index contributed by atoms with van der Waals surface area (Å²) in [5.41, 5.74) is 0.475. The molecule has 0 unspecified atom stereocenters. The Bertz CT molecular complexity index is 833. The van der Waals surface area contributed by atoms with Gasteiger partial charge in [-0.2, -0.15) is 0 Å². The number of benzene rings is 1. The van der Waals surface area contributed by atoms with Crippen LogP contribution in [0.25, 0.3) is 0 Å². The second-order valence-electron chi connectivity index (χ2n) is 6.01. The van der Waals surface area contributed by atoms with E-state index in [1.807, 2.05) is 4.72 Å². The van der Waals surface area contributed by atoms with Crippen LogP contribution < -0.4 is 9.46 Å². The molecule has 2 N–H and O–H groups in total. The van der Waals surface area contributed by atoms with Crippen LogP contribution in [0.2, 0.25) is 0 Å². The average molecular weight is 392 g/mol. The van der Waals surface area contributed by atoms with E-state index in [-0.39, 0.29) is 17.1 Å². The topological polar surface area (TPSA) is 106 Å². The van der Waals surface area contributed by atoms with E-state index < -0.39 is 15.9 Å². The summed E-state index contributed by atoms with van der Waals surface area (Å²) in [5.74, 6) is -0.205. The number of unbranched alkanes of at least 4 members (excludes halogenated alkanes) is 3. The molecule has 1 heterocycles. The summed E-state index contributed by atoms with van der Waals surface area (Å²) < 4.78 is 32.3. The molecule has 1 aromatic heterocycles. The summed E-state index contributed by atoms with van der Waals surface area (Å²) in [7, 11) is -4.00. The van der Waals surface area contributed by atoms with Crippen molar-refractivity contribution in [1.82, 2.24) is 9.71 Å². The zero-order valence-electron chi connectivity index (χ0n) is 15.2. The van der Waals surface area contributed by atoms with Crippen LogP contribution in [-0.2, 0) is 16.6 Å². The van der Waals surface area contributed by atoms with Gasteiger partial charge in [0, 0.05) is 6.20 Å². The lowest BCUT2D eigenvalue weighted by Gasteiger charge is -2.09. The maximum Gasteiger partial charge on any atom is 0.266 e. The predicted octanol–water partition coefficient (Wildman–Crippen LogP) is 2.65. The number of carbonyl (C=O) groups excluding carboxylic acids is 1. The Labute approximate surface area is 159 Å². The summed E-state index contributed by atoms with van der Waals surface area (Å²) in [6, 6.07) is 8.77. The second-order valence-corrected chi connectivity index (χ2v) is 7.69. The lowest BCUT2D eigenvalue weighted by Crippen LogP contribution is -2.30. The molecule has 0 saturated carbocycles. The average Bonchev–Trinajstić information content (AvgIpc) is 2.68. The van der Waals surface area contributed by atoms with Crippen molar-refractivity contribution in [2.24, 2.45) is 0 Å². The van der Waals surface area contributed by atoms with Gasteiger partial charge in [0.25, 0.3) is 15.9 Å². The highest BCUT2D eigenvalue weighted by Gasteiger charge is 2.19. The van der Waals surface area contributed by atoms with Gasteiger partial charge in [-0.25, -0.2) is 13.1 Å². The second kappa shape index (κ2) is 10.0. The summed E-state index contributed by atoms with van der Waals surface area (Å²) in [4.78, 5) is 15.9. The van der Waals surface area contributed by atoms with Gasteiger partial charge in [-0.05, 0) is 42.8 Å². The quantitative estimate of drug-likeness (QED) is 0.602. The number of hydrogen-bond donors (Lipinski definition) is 2. The largest absolute Gasteiger partial charge is 0.494 e. The van der Waals surface area contributed by atoms with Gasteiger partial charge < -0.3 is 9.84 Å². The third kappa shape index (κ3) is 6.33. The molecule has 0 spiro atoms. The fourth-order valence-electron chi connectivity index (χ4n) is 2.33. The van der Waals surface area contributed by atoms with Gasteiger partial charge >= 0.3 is 0 Å². The van der Waals surface area contributed by atoms with Crippen molar-refractivity contribution in [2.45, 2.75) is 44.1 Å². The van der Waals surface area contributed by atoms with E-state index in [1.54, 1.807) is 12.1 Å². The van der Waals surface area contributed by atoms with Crippen molar-refractivity contribution in [3.05, 3.63) is 53.9 Å². The van der Waals surface area contributed by atoms with Crippen molar-refractivity contribution in [2.75, 3.05) is 6.61 Å². The first kappa shape index (κ1) is 20.9. The number of aliphatic hydroxyl groups is 1. The van der Waals surface area contributed by atoms with E-state index >= 15 is 0 Å². The maximum atomic E-state index is 12.3. The van der Waals surface area contributed by atoms with Crippen molar-refractivity contribution in [3.63, 3.8) is 0 Å². The molecule has 7 nitrogen and oxygen atoms in total. The van der Waals surface area contributed by atoms with Crippen LogP contribution in [0.3, 0.4) is 0 Å². The fourth-order valence-corrected chi connectivity index (χ4v) is 3.30. The molecule has 0 aliphatic heterocycles. The summed E-state index contributed by atoms with van der Waals surface area (Å²) in [6.45, 7) is 2.46. The Morgan fingerprint density at radius 3 is 2.44 bits per heavy atom. The molecule has 27 heavy (non-hydrogen) atoms. The van der Waals surface area contributed by atoms with Gasteiger partial charge in [0.2, 0.25) is 0 Å². The molecule has 2 rings (SSSR count). The molecule has 0 saturated heterocycles. The third-order valence-corrected chi connectivity index (χ3v) is 5.22. The van der Waals surface area contributed by atoms with Crippen LogP contribution in [0.5, 0.6) is 5.75 Å². The smallest absolute Gasteiger partial charge is 0.266 e. The molecule has 0 radical (unpaired) electrons. The van der Waals surface area contributed by atoms with Crippen molar-refractivity contribution >= 4 is 15.9 Å². The Balaban J connectivity index is 1.95. The minimum atomic E-state index is -4.00.